The van der Waals surface area contributed by atoms with Crippen molar-refractivity contribution in [3.05, 3.63) is 113 Å². The molecule has 0 aliphatic carbocycles. The summed E-state index contributed by atoms with van der Waals surface area (Å²) in [6, 6.07) is 23.2. The molecule has 2 aromatic heterocycles. The molecule has 7 rings (SSSR count). The first-order chi connectivity index (χ1) is 19.5. The van der Waals surface area contributed by atoms with Gasteiger partial charge in [0.05, 0.1) is 0 Å². The lowest BCUT2D eigenvalue weighted by atomic mass is 10.00. The summed E-state index contributed by atoms with van der Waals surface area (Å²) in [6.07, 6.45) is 1.69. The number of phenolic OH excluding ortho intramolecular Hbond substituents is 1. The van der Waals surface area contributed by atoms with Gasteiger partial charge in [0.2, 0.25) is 0 Å². The number of carbonyl (C=O) groups is 1. The SMILES string of the molecule is O=C1c2cc(-c3ccc(N4CCNCC4)cc3)ccc2CN1C(c1cc2cccnc2[nH]1)c1cc(F)ccc1O. The molecule has 1 saturated heterocycles. The maximum absolute atomic E-state index is 14.4. The number of anilines is 1. The van der Waals surface area contributed by atoms with Crippen molar-refractivity contribution in [1.82, 2.24) is 20.2 Å². The number of rotatable bonds is 5. The monoisotopic (exact) mass is 533 g/mol. The highest BCUT2D eigenvalue weighted by Crippen LogP contribution is 2.40. The zero-order chi connectivity index (χ0) is 27.2. The Labute approximate surface area is 230 Å². The van der Waals surface area contributed by atoms with Crippen molar-refractivity contribution in [2.75, 3.05) is 31.1 Å². The van der Waals surface area contributed by atoms with Crippen LogP contribution >= 0.6 is 0 Å². The minimum Gasteiger partial charge on any atom is -0.508 e. The summed E-state index contributed by atoms with van der Waals surface area (Å²) >= 11 is 0. The Balaban J connectivity index is 1.24. The molecule has 1 amide bonds. The second-order valence-corrected chi connectivity index (χ2v) is 10.4. The molecule has 3 N–H and O–H groups in total. The quantitative estimate of drug-likeness (QED) is 0.288. The number of carbonyl (C=O) groups excluding carboxylic acids is 1. The van der Waals surface area contributed by atoms with Gasteiger partial charge in [0, 0.05) is 66.8 Å². The van der Waals surface area contributed by atoms with Crippen LogP contribution in [-0.4, -0.2) is 52.1 Å². The van der Waals surface area contributed by atoms with Crippen LogP contribution < -0.4 is 10.2 Å². The van der Waals surface area contributed by atoms with Crippen molar-refractivity contribution in [2.45, 2.75) is 12.6 Å². The molecule has 7 nitrogen and oxygen atoms in total. The zero-order valence-electron chi connectivity index (χ0n) is 21.8. The van der Waals surface area contributed by atoms with E-state index >= 15 is 0 Å². The minimum absolute atomic E-state index is 0.0768. The molecule has 0 radical (unpaired) electrons. The summed E-state index contributed by atoms with van der Waals surface area (Å²) in [7, 11) is 0. The van der Waals surface area contributed by atoms with Crippen LogP contribution in [0.2, 0.25) is 0 Å². The van der Waals surface area contributed by atoms with Crippen molar-refractivity contribution >= 4 is 22.6 Å². The van der Waals surface area contributed by atoms with Gasteiger partial charge in [0.15, 0.2) is 0 Å². The number of piperazine rings is 1. The van der Waals surface area contributed by atoms with Crippen LogP contribution in [0.4, 0.5) is 10.1 Å². The van der Waals surface area contributed by atoms with Crippen LogP contribution in [0.3, 0.4) is 0 Å². The number of phenols is 1. The number of hydrogen-bond acceptors (Lipinski definition) is 5. The van der Waals surface area contributed by atoms with E-state index in [0.717, 1.165) is 48.3 Å². The Morgan fingerprint density at radius 2 is 1.73 bits per heavy atom. The molecular weight excluding hydrogens is 505 g/mol. The van der Waals surface area contributed by atoms with Crippen LogP contribution in [0.5, 0.6) is 5.75 Å². The van der Waals surface area contributed by atoms with E-state index in [4.69, 9.17) is 0 Å². The lowest BCUT2D eigenvalue weighted by molar-refractivity contribution is 0.0726. The molecule has 4 heterocycles. The molecule has 3 aromatic carbocycles. The van der Waals surface area contributed by atoms with E-state index in [1.54, 1.807) is 11.1 Å². The van der Waals surface area contributed by atoms with Gasteiger partial charge in [-0.1, -0.05) is 24.3 Å². The Morgan fingerprint density at radius 3 is 2.52 bits per heavy atom. The second kappa shape index (κ2) is 9.81. The molecule has 0 spiro atoms. The number of nitrogens with zero attached hydrogens (tertiary/aromatic N) is 3. The largest absolute Gasteiger partial charge is 0.508 e. The van der Waals surface area contributed by atoms with E-state index in [1.165, 1.54) is 23.9 Å². The summed E-state index contributed by atoms with van der Waals surface area (Å²) < 4.78 is 14.4. The third-order valence-corrected chi connectivity index (χ3v) is 7.93. The van der Waals surface area contributed by atoms with Gasteiger partial charge >= 0.3 is 0 Å². The topological polar surface area (TPSA) is 84.5 Å². The van der Waals surface area contributed by atoms with E-state index in [1.807, 2.05) is 36.4 Å². The standard InChI is InChI=1S/C32H28FN5O2/c33-24-7-10-29(39)27(18-24)30(28-17-22-2-1-11-35-31(22)36-28)38-19-23-4-3-21(16-26(23)32(38)40)20-5-8-25(9-6-20)37-14-12-34-13-15-37/h1-11,16-18,30,34,39H,12-15,19H2,(H,35,36). The molecule has 2 aliphatic heterocycles. The van der Waals surface area contributed by atoms with E-state index in [-0.39, 0.29) is 11.7 Å². The van der Waals surface area contributed by atoms with Crippen LogP contribution in [-0.2, 0) is 6.54 Å². The smallest absolute Gasteiger partial charge is 0.255 e. The first-order valence-electron chi connectivity index (χ1n) is 13.5. The molecule has 2 aliphatic rings. The fourth-order valence-electron chi connectivity index (χ4n) is 5.87. The fourth-order valence-corrected chi connectivity index (χ4v) is 5.87. The molecule has 0 bridgehead atoms. The highest BCUT2D eigenvalue weighted by Gasteiger charge is 2.37. The van der Waals surface area contributed by atoms with Crippen molar-refractivity contribution in [1.29, 1.82) is 0 Å². The molecule has 5 aromatic rings. The van der Waals surface area contributed by atoms with E-state index in [2.05, 4.69) is 44.5 Å². The van der Waals surface area contributed by atoms with Crippen molar-refractivity contribution in [3.8, 4) is 16.9 Å². The van der Waals surface area contributed by atoms with Gasteiger partial charge < -0.3 is 25.2 Å². The molecular formula is C32H28FN5O2. The average molecular weight is 534 g/mol. The van der Waals surface area contributed by atoms with Crippen molar-refractivity contribution in [2.24, 2.45) is 0 Å². The number of aromatic amines is 1. The molecule has 8 heteroatoms. The Hall–Kier alpha value is -4.69. The predicted molar refractivity (Wildman–Crippen MR) is 153 cm³/mol. The number of H-pyrrole nitrogens is 1. The number of fused-ring (bicyclic) bond motifs is 2. The van der Waals surface area contributed by atoms with Gasteiger partial charge in [-0.2, -0.15) is 0 Å². The number of halogens is 1. The van der Waals surface area contributed by atoms with Crippen molar-refractivity contribution < 1.29 is 14.3 Å². The Bertz CT molecular complexity index is 1690. The number of pyridine rings is 1. The van der Waals surface area contributed by atoms with Gasteiger partial charge in [-0.15, -0.1) is 0 Å². The third-order valence-electron chi connectivity index (χ3n) is 7.93. The second-order valence-electron chi connectivity index (χ2n) is 10.4. The first-order valence-corrected chi connectivity index (χ1v) is 13.5. The molecule has 1 fully saturated rings. The number of aromatic nitrogens is 2. The lowest BCUT2D eigenvalue weighted by Crippen LogP contribution is -2.43. The average Bonchev–Trinajstić information content (AvgIpc) is 3.56. The van der Waals surface area contributed by atoms with E-state index in [0.29, 0.717) is 29.0 Å². The number of aromatic hydroxyl groups is 1. The minimum atomic E-state index is -0.730. The van der Waals surface area contributed by atoms with Crippen LogP contribution in [0.25, 0.3) is 22.2 Å². The van der Waals surface area contributed by atoms with Crippen LogP contribution in [0.1, 0.15) is 33.2 Å². The summed E-state index contributed by atoms with van der Waals surface area (Å²) in [4.78, 5) is 25.7. The van der Waals surface area contributed by atoms with Gasteiger partial charge in [-0.25, -0.2) is 9.37 Å². The maximum Gasteiger partial charge on any atom is 0.255 e. The van der Waals surface area contributed by atoms with Gasteiger partial charge in [-0.3, -0.25) is 4.79 Å². The first kappa shape index (κ1) is 24.4. The fraction of sp³-hybridized carbons (Fsp3) is 0.188. The van der Waals surface area contributed by atoms with E-state index < -0.39 is 11.9 Å². The highest BCUT2D eigenvalue weighted by atomic mass is 19.1. The summed E-state index contributed by atoms with van der Waals surface area (Å²) in [5, 5.41) is 15.0. The molecule has 40 heavy (non-hydrogen) atoms. The zero-order valence-corrected chi connectivity index (χ0v) is 21.8. The summed E-state index contributed by atoms with van der Waals surface area (Å²) in [5.74, 6) is -0.732. The highest BCUT2D eigenvalue weighted by molar-refractivity contribution is 6.00. The summed E-state index contributed by atoms with van der Waals surface area (Å²) in [6.45, 7) is 4.26. The van der Waals surface area contributed by atoms with E-state index in [9.17, 15) is 14.3 Å². The van der Waals surface area contributed by atoms with Crippen LogP contribution in [0, 0.1) is 5.82 Å². The third kappa shape index (κ3) is 4.26. The Morgan fingerprint density at radius 1 is 0.925 bits per heavy atom. The van der Waals surface area contributed by atoms with Gasteiger partial charge in [0.25, 0.3) is 5.91 Å². The molecule has 1 unspecified atom stereocenters. The number of nitrogens with one attached hydrogen (secondary N) is 2. The normalized spacial score (nSPS) is 16.0. The molecule has 1 atom stereocenters. The van der Waals surface area contributed by atoms with Gasteiger partial charge in [-0.05, 0) is 71.3 Å². The Kier molecular flexibility index (Phi) is 5.97. The van der Waals surface area contributed by atoms with Gasteiger partial charge in [0.1, 0.15) is 23.3 Å². The number of benzene rings is 3. The molecule has 0 saturated carbocycles. The summed E-state index contributed by atoms with van der Waals surface area (Å²) in [5.41, 5.74) is 6.32. The van der Waals surface area contributed by atoms with Crippen molar-refractivity contribution in [3.63, 3.8) is 0 Å². The predicted octanol–water partition coefficient (Wildman–Crippen LogP) is 5.23. The number of hydrogen-bond donors (Lipinski definition) is 3. The molecule has 200 valence electrons. The van der Waals surface area contributed by atoms with Crippen LogP contribution in [0.15, 0.2) is 85.1 Å². The maximum atomic E-state index is 14.4. The lowest BCUT2D eigenvalue weighted by Gasteiger charge is -2.29. The number of amides is 1.